The molecule has 0 radical (unpaired) electrons. The molecule has 1 aromatic rings. The van der Waals surface area contributed by atoms with Crippen molar-refractivity contribution in [3.05, 3.63) is 28.8 Å². The van der Waals surface area contributed by atoms with E-state index >= 15 is 0 Å². The Bertz CT molecular complexity index is 719. The molecule has 0 fully saturated rings. The highest BCUT2D eigenvalue weighted by atomic mass is 16.4. The van der Waals surface area contributed by atoms with E-state index in [1.807, 2.05) is 41.5 Å². The molecule has 0 saturated heterocycles. The van der Waals surface area contributed by atoms with E-state index in [-0.39, 0.29) is 5.75 Å². The number of hydrogen-bond acceptors (Lipinski definition) is 4. The van der Waals surface area contributed by atoms with Gasteiger partial charge in [-0.15, -0.1) is 0 Å². The molecule has 0 aliphatic carbocycles. The van der Waals surface area contributed by atoms with E-state index in [2.05, 4.69) is 5.32 Å². The second-order valence-corrected chi connectivity index (χ2v) is 8.91. The third-order valence-corrected chi connectivity index (χ3v) is 4.37. The fraction of sp³-hybridized carbons (Fsp3) is 0.550. The number of carbonyl (C=O) groups excluding carboxylic acids is 1. The molecule has 0 bridgehead atoms. The summed E-state index contributed by atoms with van der Waals surface area (Å²) in [5.41, 5.74) is -1.84. The first-order chi connectivity index (χ1) is 12.0. The Morgan fingerprint density at radius 2 is 1.26 bits per heavy atom. The van der Waals surface area contributed by atoms with E-state index in [1.54, 1.807) is 12.1 Å². The molecule has 27 heavy (non-hydrogen) atoms. The summed E-state index contributed by atoms with van der Waals surface area (Å²) >= 11 is 0. The second-order valence-electron chi connectivity index (χ2n) is 8.91. The van der Waals surface area contributed by atoms with Gasteiger partial charge in [0, 0.05) is 13.3 Å². The molecule has 0 aromatic heterocycles. The van der Waals surface area contributed by atoms with E-state index in [1.165, 1.54) is 0 Å². The Morgan fingerprint density at radius 1 is 0.889 bits per heavy atom. The van der Waals surface area contributed by atoms with Gasteiger partial charge < -0.3 is 20.6 Å². The van der Waals surface area contributed by atoms with Crippen LogP contribution in [0, 0.1) is 0 Å². The van der Waals surface area contributed by atoms with Gasteiger partial charge in [-0.3, -0.25) is 4.79 Å². The zero-order chi connectivity index (χ0) is 21.4. The van der Waals surface area contributed by atoms with Gasteiger partial charge in [-0.2, -0.15) is 0 Å². The van der Waals surface area contributed by atoms with Crippen LogP contribution in [0.3, 0.4) is 0 Å². The molecule has 0 spiro atoms. The molecule has 0 saturated carbocycles. The van der Waals surface area contributed by atoms with Crippen molar-refractivity contribution < 1.29 is 29.7 Å². The minimum atomic E-state index is -2.49. The molecule has 4 N–H and O–H groups in total. The molecule has 1 amide bonds. The van der Waals surface area contributed by atoms with E-state index in [9.17, 15) is 29.7 Å². The summed E-state index contributed by atoms with van der Waals surface area (Å²) in [6.07, 6.45) is -0.455. The van der Waals surface area contributed by atoms with Gasteiger partial charge in [0.1, 0.15) is 5.75 Å². The standard InChI is InChI=1S/C20H29NO6/c1-11(22)21-20(16(24)25,17(26)27)10-12-8-13(18(2,3)4)15(23)14(9-12)19(5,6)7/h8-9,23H,10H2,1-7H3,(H,21,22)(H,24,25)(H,26,27). The fourth-order valence-corrected chi connectivity index (χ4v) is 2.94. The van der Waals surface area contributed by atoms with Gasteiger partial charge in [0.2, 0.25) is 11.4 Å². The van der Waals surface area contributed by atoms with Crippen molar-refractivity contribution in [2.24, 2.45) is 0 Å². The van der Waals surface area contributed by atoms with Crippen molar-refractivity contribution in [2.45, 2.75) is 71.3 Å². The van der Waals surface area contributed by atoms with Crippen molar-refractivity contribution >= 4 is 17.8 Å². The molecule has 1 aromatic carbocycles. The Hall–Kier alpha value is -2.57. The number of benzene rings is 1. The van der Waals surface area contributed by atoms with Crippen LogP contribution in [0.2, 0.25) is 0 Å². The minimum absolute atomic E-state index is 0.106. The van der Waals surface area contributed by atoms with Crippen molar-refractivity contribution in [2.75, 3.05) is 0 Å². The van der Waals surface area contributed by atoms with E-state index < -0.39 is 40.6 Å². The normalized spacial score (nSPS) is 12.6. The SMILES string of the molecule is CC(=O)NC(Cc1cc(C(C)(C)C)c(O)c(C(C)(C)C)c1)(C(=O)O)C(=O)O. The summed E-state index contributed by atoms with van der Waals surface area (Å²) in [6, 6.07) is 3.21. The van der Waals surface area contributed by atoms with Gasteiger partial charge in [0.05, 0.1) is 0 Å². The number of carboxylic acids is 2. The lowest BCUT2D eigenvalue weighted by atomic mass is 9.77. The first-order valence-corrected chi connectivity index (χ1v) is 8.65. The third kappa shape index (κ3) is 4.78. The Kier molecular flexibility index (Phi) is 6.00. The van der Waals surface area contributed by atoms with E-state index in [4.69, 9.17) is 0 Å². The number of carboxylic acid groups (broad SMARTS) is 2. The van der Waals surface area contributed by atoms with Crippen molar-refractivity contribution in [1.29, 1.82) is 0 Å². The summed E-state index contributed by atoms with van der Waals surface area (Å²) in [5.74, 6) is -3.97. The molecule has 0 unspecified atom stereocenters. The average molecular weight is 379 g/mol. The van der Waals surface area contributed by atoms with E-state index in [0.717, 1.165) is 6.92 Å². The van der Waals surface area contributed by atoms with Gasteiger partial charge >= 0.3 is 11.9 Å². The summed E-state index contributed by atoms with van der Waals surface area (Å²) < 4.78 is 0. The summed E-state index contributed by atoms with van der Waals surface area (Å²) in [7, 11) is 0. The predicted molar refractivity (Wildman–Crippen MR) is 101 cm³/mol. The van der Waals surface area contributed by atoms with Crippen LogP contribution in [0.25, 0.3) is 0 Å². The van der Waals surface area contributed by atoms with Gasteiger partial charge in [0.15, 0.2) is 0 Å². The smallest absolute Gasteiger partial charge is 0.341 e. The number of amides is 1. The maximum Gasteiger partial charge on any atom is 0.341 e. The van der Waals surface area contributed by atoms with Gasteiger partial charge in [-0.1, -0.05) is 53.7 Å². The molecule has 7 heteroatoms. The highest BCUT2D eigenvalue weighted by molar-refractivity contribution is 6.06. The minimum Gasteiger partial charge on any atom is -0.507 e. The predicted octanol–water partition coefficient (Wildman–Crippen LogP) is 2.57. The largest absolute Gasteiger partial charge is 0.507 e. The van der Waals surface area contributed by atoms with Crippen LogP contribution in [0.5, 0.6) is 5.75 Å². The first-order valence-electron chi connectivity index (χ1n) is 8.65. The lowest BCUT2D eigenvalue weighted by Crippen LogP contribution is -2.61. The monoisotopic (exact) mass is 379 g/mol. The Labute approximate surface area is 159 Å². The number of aromatic hydroxyl groups is 1. The highest BCUT2D eigenvalue weighted by Gasteiger charge is 2.48. The fourth-order valence-electron chi connectivity index (χ4n) is 2.94. The third-order valence-electron chi connectivity index (χ3n) is 4.37. The number of nitrogens with one attached hydrogen (secondary N) is 1. The molecule has 0 aliphatic heterocycles. The van der Waals surface area contributed by atoms with Crippen molar-refractivity contribution in [1.82, 2.24) is 5.32 Å². The molecule has 0 atom stereocenters. The molecule has 7 nitrogen and oxygen atoms in total. The molecule has 150 valence electrons. The van der Waals surface area contributed by atoms with Gasteiger partial charge in [-0.25, -0.2) is 9.59 Å². The average Bonchev–Trinajstić information content (AvgIpc) is 2.44. The van der Waals surface area contributed by atoms with Crippen LogP contribution in [-0.4, -0.2) is 38.7 Å². The summed E-state index contributed by atoms with van der Waals surface area (Å²) in [6.45, 7) is 12.4. The summed E-state index contributed by atoms with van der Waals surface area (Å²) in [5, 5.41) is 32.0. The van der Waals surface area contributed by atoms with Crippen LogP contribution in [0.15, 0.2) is 12.1 Å². The molecule has 0 aliphatic rings. The summed E-state index contributed by atoms with van der Waals surface area (Å²) in [4.78, 5) is 35.1. The molecular formula is C20H29NO6. The number of aliphatic carboxylic acids is 2. The zero-order valence-electron chi connectivity index (χ0n) is 16.9. The van der Waals surface area contributed by atoms with E-state index in [0.29, 0.717) is 16.7 Å². The van der Waals surface area contributed by atoms with Crippen LogP contribution >= 0.6 is 0 Å². The second kappa shape index (κ2) is 7.21. The van der Waals surface area contributed by atoms with Crippen molar-refractivity contribution in [3.63, 3.8) is 0 Å². The first kappa shape index (κ1) is 22.5. The Balaban J connectivity index is 3.72. The maximum atomic E-state index is 11.8. The quantitative estimate of drug-likeness (QED) is 0.583. The van der Waals surface area contributed by atoms with Crippen LogP contribution in [0.1, 0.15) is 65.2 Å². The highest BCUT2D eigenvalue weighted by Crippen LogP contribution is 2.40. The molecule has 1 rings (SSSR count). The maximum absolute atomic E-state index is 11.8. The lowest BCUT2D eigenvalue weighted by molar-refractivity contribution is -0.161. The lowest BCUT2D eigenvalue weighted by Gasteiger charge is -2.30. The number of phenolic OH excluding ortho intramolecular Hbond substituents is 1. The van der Waals surface area contributed by atoms with Gasteiger partial charge in [0.25, 0.3) is 0 Å². The molecular weight excluding hydrogens is 350 g/mol. The van der Waals surface area contributed by atoms with Gasteiger partial charge in [-0.05, 0) is 27.5 Å². The Morgan fingerprint density at radius 3 is 1.52 bits per heavy atom. The van der Waals surface area contributed by atoms with Crippen LogP contribution in [-0.2, 0) is 31.6 Å². The topological polar surface area (TPSA) is 124 Å². The number of carbonyl (C=O) groups is 3. The number of phenols is 1. The van der Waals surface area contributed by atoms with Crippen LogP contribution in [0.4, 0.5) is 0 Å². The molecule has 0 heterocycles. The van der Waals surface area contributed by atoms with Crippen LogP contribution < -0.4 is 5.32 Å². The number of rotatable bonds is 5. The van der Waals surface area contributed by atoms with Crippen molar-refractivity contribution in [3.8, 4) is 5.75 Å². The zero-order valence-corrected chi connectivity index (χ0v) is 16.9. The number of hydrogen-bond donors (Lipinski definition) is 4.